The molecule has 4 saturated carbocycles. The Kier molecular flexibility index (Phi) is 3.69. The molecule has 10 atom stereocenters. The molecule has 26 heavy (non-hydrogen) atoms. The van der Waals surface area contributed by atoms with E-state index in [2.05, 4.69) is 0 Å². The normalized spacial score (nSPS) is 63.9. The third-order valence-corrected chi connectivity index (χ3v) is 9.26. The summed E-state index contributed by atoms with van der Waals surface area (Å²) in [5.74, 6) is -1.34. The number of aliphatic hydroxyl groups excluding tert-OH is 3. The van der Waals surface area contributed by atoms with E-state index in [0.717, 1.165) is 0 Å². The monoisotopic (exact) mass is 370 g/mol. The van der Waals surface area contributed by atoms with Crippen molar-refractivity contribution in [2.24, 2.45) is 28.6 Å². The van der Waals surface area contributed by atoms with E-state index in [1.165, 1.54) is 0 Å². The number of hydrogen-bond acceptors (Lipinski definition) is 6. The van der Waals surface area contributed by atoms with Crippen molar-refractivity contribution in [3.63, 3.8) is 0 Å². The highest BCUT2D eigenvalue weighted by molar-refractivity contribution is 5.25. The van der Waals surface area contributed by atoms with Crippen LogP contribution < -0.4 is 0 Å². The van der Waals surface area contributed by atoms with Crippen LogP contribution in [-0.4, -0.2) is 65.8 Å². The number of rotatable bonds is 0. The molecule has 0 aliphatic heterocycles. The van der Waals surface area contributed by atoms with Gasteiger partial charge in [-0.3, -0.25) is 0 Å². The van der Waals surface area contributed by atoms with Gasteiger partial charge in [-0.15, -0.1) is 0 Å². The standard InChI is InChI=1S/C20H34O6/c1-16(2)13(21)7-12-18(4,25)11-6-5-10-15(23)19(11,9-17(10,3)24)8-14(22)20(12,16)26/h10-15,21-26H,5-9H2,1-4H3/t10?,11-,12-,13-,14+,15?,17+,18+,19?,20?/m0/s1. The maximum Gasteiger partial charge on any atom is 0.104 e. The number of fused-ring (bicyclic) bond motifs is 2. The molecule has 4 fully saturated rings. The molecule has 0 aromatic rings. The SMILES string of the molecule is CC1(C)[C@@H](O)C[C@@H]2C1(O)[C@H](O)CC13C[C@@](C)(O)C(CC[C@H]1[C@@]2(C)O)C3O. The minimum Gasteiger partial charge on any atom is -0.392 e. The lowest BCUT2D eigenvalue weighted by Crippen LogP contribution is -2.60. The Labute approximate surface area is 154 Å². The van der Waals surface area contributed by atoms with Crippen molar-refractivity contribution >= 4 is 0 Å². The van der Waals surface area contributed by atoms with Crippen molar-refractivity contribution in [2.45, 2.75) is 94.9 Å². The summed E-state index contributed by atoms with van der Waals surface area (Å²) in [7, 11) is 0. The van der Waals surface area contributed by atoms with E-state index in [1.54, 1.807) is 27.7 Å². The van der Waals surface area contributed by atoms with E-state index in [0.29, 0.717) is 19.3 Å². The first kappa shape index (κ1) is 19.1. The molecule has 0 heterocycles. The molecule has 0 saturated heterocycles. The zero-order valence-corrected chi connectivity index (χ0v) is 16.2. The molecule has 4 rings (SSSR count). The van der Waals surface area contributed by atoms with Gasteiger partial charge in [0, 0.05) is 22.7 Å². The largest absolute Gasteiger partial charge is 0.392 e. The smallest absolute Gasteiger partial charge is 0.104 e. The Bertz CT molecular complexity index is 615. The predicted octanol–water partition coefficient (Wildman–Crippen LogP) is 0.168. The van der Waals surface area contributed by atoms with Gasteiger partial charge in [-0.1, -0.05) is 13.8 Å². The third-order valence-electron chi connectivity index (χ3n) is 9.26. The van der Waals surface area contributed by atoms with Gasteiger partial charge in [0.05, 0.1) is 29.5 Å². The van der Waals surface area contributed by atoms with Gasteiger partial charge in [0.25, 0.3) is 0 Å². The molecule has 0 aromatic heterocycles. The highest BCUT2D eigenvalue weighted by Crippen LogP contribution is 2.69. The lowest BCUT2D eigenvalue weighted by molar-refractivity contribution is -0.201. The molecule has 4 aliphatic rings. The molecule has 6 nitrogen and oxygen atoms in total. The Morgan fingerprint density at radius 1 is 0.808 bits per heavy atom. The highest BCUT2D eigenvalue weighted by atomic mass is 16.4. The Hall–Kier alpha value is -0.240. The molecule has 150 valence electrons. The summed E-state index contributed by atoms with van der Waals surface area (Å²) in [6.07, 6.45) is -1.01. The third kappa shape index (κ3) is 1.89. The first-order chi connectivity index (χ1) is 11.7. The highest BCUT2D eigenvalue weighted by Gasteiger charge is 2.76. The van der Waals surface area contributed by atoms with Gasteiger partial charge >= 0.3 is 0 Å². The maximum absolute atomic E-state index is 11.7. The van der Waals surface area contributed by atoms with Gasteiger partial charge in [0.2, 0.25) is 0 Å². The second-order valence-corrected chi connectivity index (χ2v) is 10.7. The summed E-state index contributed by atoms with van der Waals surface area (Å²) in [6.45, 7) is 6.87. The van der Waals surface area contributed by atoms with Crippen molar-refractivity contribution < 1.29 is 30.6 Å². The fraction of sp³-hybridized carbons (Fsp3) is 1.00. The zero-order chi connectivity index (χ0) is 19.5. The average Bonchev–Trinajstić information content (AvgIpc) is 2.72. The van der Waals surface area contributed by atoms with E-state index in [9.17, 15) is 30.6 Å². The van der Waals surface area contributed by atoms with Crippen LogP contribution in [-0.2, 0) is 0 Å². The minimum atomic E-state index is -1.66. The topological polar surface area (TPSA) is 121 Å². The number of hydrogen-bond donors (Lipinski definition) is 6. The van der Waals surface area contributed by atoms with Gasteiger partial charge in [-0.05, 0) is 51.9 Å². The van der Waals surface area contributed by atoms with Crippen LogP contribution in [0.15, 0.2) is 0 Å². The zero-order valence-electron chi connectivity index (χ0n) is 16.2. The van der Waals surface area contributed by atoms with E-state index >= 15 is 0 Å². The molecule has 4 unspecified atom stereocenters. The van der Waals surface area contributed by atoms with Crippen LogP contribution in [0.3, 0.4) is 0 Å². The van der Waals surface area contributed by atoms with Crippen LogP contribution in [0.4, 0.5) is 0 Å². The summed E-state index contributed by atoms with van der Waals surface area (Å²) in [4.78, 5) is 0. The molecule has 1 spiro atoms. The van der Waals surface area contributed by atoms with E-state index in [4.69, 9.17) is 0 Å². The molecular weight excluding hydrogens is 336 g/mol. The predicted molar refractivity (Wildman–Crippen MR) is 94.0 cm³/mol. The lowest BCUT2D eigenvalue weighted by atomic mass is 9.57. The summed E-state index contributed by atoms with van der Waals surface area (Å²) in [5.41, 5.74) is -5.91. The Morgan fingerprint density at radius 2 is 1.42 bits per heavy atom. The van der Waals surface area contributed by atoms with Crippen LogP contribution in [0.5, 0.6) is 0 Å². The Morgan fingerprint density at radius 3 is 2.04 bits per heavy atom. The van der Waals surface area contributed by atoms with Crippen molar-refractivity contribution in [2.75, 3.05) is 0 Å². The summed E-state index contributed by atoms with van der Waals surface area (Å²) >= 11 is 0. The van der Waals surface area contributed by atoms with Crippen LogP contribution in [0.1, 0.15) is 59.8 Å². The maximum atomic E-state index is 11.7. The molecule has 2 bridgehead atoms. The molecule has 0 amide bonds. The first-order valence-corrected chi connectivity index (χ1v) is 9.94. The molecule has 6 N–H and O–H groups in total. The van der Waals surface area contributed by atoms with E-state index in [1.807, 2.05) is 0 Å². The quantitative estimate of drug-likeness (QED) is 0.361. The molecule has 0 radical (unpaired) electrons. The summed E-state index contributed by atoms with van der Waals surface area (Å²) in [6, 6.07) is 0. The number of aliphatic hydroxyl groups is 6. The van der Waals surface area contributed by atoms with Gasteiger partial charge in [-0.25, -0.2) is 0 Å². The molecule has 4 aliphatic carbocycles. The second kappa shape index (κ2) is 5.02. The van der Waals surface area contributed by atoms with Crippen LogP contribution in [0, 0.1) is 28.6 Å². The van der Waals surface area contributed by atoms with Gasteiger partial charge < -0.3 is 30.6 Å². The first-order valence-electron chi connectivity index (χ1n) is 9.94. The van der Waals surface area contributed by atoms with Gasteiger partial charge in [0.15, 0.2) is 0 Å². The molecule has 6 heteroatoms. The fourth-order valence-electron chi connectivity index (χ4n) is 7.80. The van der Waals surface area contributed by atoms with Crippen molar-refractivity contribution in [1.82, 2.24) is 0 Å². The van der Waals surface area contributed by atoms with Crippen LogP contribution >= 0.6 is 0 Å². The van der Waals surface area contributed by atoms with Gasteiger partial charge in [0.1, 0.15) is 5.60 Å². The molecule has 0 aromatic carbocycles. The van der Waals surface area contributed by atoms with E-state index < -0.39 is 51.9 Å². The van der Waals surface area contributed by atoms with Crippen LogP contribution in [0.2, 0.25) is 0 Å². The fourth-order valence-corrected chi connectivity index (χ4v) is 7.80. The lowest BCUT2D eigenvalue weighted by Gasteiger charge is -2.51. The Balaban J connectivity index is 1.89. The van der Waals surface area contributed by atoms with Crippen molar-refractivity contribution in [1.29, 1.82) is 0 Å². The van der Waals surface area contributed by atoms with E-state index in [-0.39, 0.29) is 24.7 Å². The minimum absolute atomic E-state index is 0.116. The summed E-state index contributed by atoms with van der Waals surface area (Å²) in [5, 5.41) is 67.1. The average molecular weight is 370 g/mol. The van der Waals surface area contributed by atoms with Crippen LogP contribution in [0.25, 0.3) is 0 Å². The second-order valence-electron chi connectivity index (χ2n) is 10.7. The van der Waals surface area contributed by atoms with Gasteiger partial charge in [-0.2, -0.15) is 0 Å². The van der Waals surface area contributed by atoms with Crippen molar-refractivity contribution in [3.8, 4) is 0 Å². The molecular formula is C20H34O6. The van der Waals surface area contributed by atoms with Crippen molar-refractivity contribution in [3.05, 3.63) is 0 Å². The summed E-state index contributed by atoms with van der Waals surface area (Å²) < 4.78 is 0.